The molecule has 1 N–H and O–H groups in total. The van der Waals surface area contributed by atoms with Gasteiger partial charge in [0.15, 0.2) is 0 Å². The molecule has 1 aromatic carbocycles. The SMILES string of the molecule is COC(=O)C(C)(NC1CCCC1)c1ccc(C)cc1. The molecular formula is C16H23NO2. The summed E-state index contributed by atoms with van der Waals surface area (Å²) in [5.74, 6) is -0.219. The summed E-state index contributed by atoms with van der Waals surface area (Å²) in [4.78, 5) is 12.2. The fraction of sp³-hybridized carbons (Fsp3) is 0.562. The van der Waals surface area contributed by atoms with Gasteiger partial charge in [-0.15, -0.1) is 0 Å². The third-order valence-corrected chi connectivity index (χ3v) is 4.07. The molecule has 2 rings (SSSR count). The van der Waals surface area contributed by atoms with E-state index in [4.69, 9.17) is 4.74 Å². The van der Waals surface area contributed by atoms with Gasteiger partial charge >= 0.3 is 5.97 Å². The van der Waals surface area contributed by atoms with Crippen molar-refractivity contribution in [2.45, 2.75) is 51.1 Å². The lowest BCUT2D eigenvalue weighted by Gasteiger charge is -2.32. The number of esters is 1. The standard InChI is InChI=1S/C16H23NO2/c1-12-8-10-13(11-9-12)16(2,15(18)19-3)17-14-6-4-5-7-14/h8-11,14,17H,4-7H2,1-3H3. The molecule has 1 aromatic rings. The maximum Gasteiger partial charge on any atom is 0.330 e. The molecule has 1 saturated carbocycles. The van der Waals surface area contributed by atoms with Gasteiger partial charge in [-0.2, -0.15) is 0 Å². The molecule has 3 nitrogen and oxygen atoms in total. The molecule has 104 valence electrons. The highest BCUT2D eigenvalue weighted by atomic mass is 16.5. The Morgan fingerprint density at radius 1 is 1.26 bits per heavy atom. The van der Waals surface area contributed by atoms with Crippen LogP contribution in [0.3, 0.4) is 0 Å². The van der Waals surface area contributed by atoms with Gasteiger partial charge in [0.25, 0.3) is 0 Å². The monoisotopic (exact) mass is 261 g/mol. The van der Waals surface area contributed by atoms with Crippen molar-refractivity contribution >= 4 is 5.97 Å². The minimum absolute atomic E-state index is 0.219. The first kappa shape index (κ1) is 14.1. The highest BCUT2D eigenvalue weighted by Crippen LogP contribution is 2.27. The molecule has 1 aliphatic carbocycles. The average Bonchev–Trinajstić information content (AvgIpc) is 2.91. The average molecular weight is 261 g/mol. The zero-order chi connectivity index (χ0) is 13.9. The summed E-state index contributed by atoms with van der Waals surface area (Å²) < 4.78 is 5.01. The van der Waals surface area contributed by atoms with Crippen molar-refractivity contribution in [2.24, 2.45) is 0 Å². The summed E-state index contributed by atoms with van der Waals surface area (Å²) >= 11 is 0. The van der Waals surface area contributed by atoms with E-state index < -0.39 is 5.54 Å². The molecule has 0 aromatic heterocycles. The first-order chi connectivity index (χ1) is 9.06. The number of nitrogens with one attached hydrogen (secondary N) is 1. The Balaban J connectivity index is 2.27. The summed E-state index contributed by atoms with van der Waals surface area (Å²) in [7, 11) is 1.45. The van der Waals surface area contributed by atoms with E-state index in [9.17, 15) is 4.79 Å². The van der Waals surface area contributed by atoms with E-state index in [1.54, 1.807) is 0 Å². The van der Waals surface area contributed by atoms with Gasteiger partial charge in [-0.1, -0.05) is 42.7 Å². The maximum atomic E-state index is 12.2. The molecule has 0 bridgehead atoms. The van der Waals surface area contributed by atoms with Crippen molar-refractivity contribution in [1.29, 1.82) is 0 Å². The van der Waals surface area contributed by atoms with E-state index in [0.717, 1.165) is 18.4 Å². The molecule has 3 heteroatoms. The van der Waals surface area contributed by atoms with Gasteiger partial charge in [0.2, 0.25) is 0 Å². The summed E-state index contributed by atoms with van der Waals surface area (Å²) in [6, 6.07) is 8.49. The predicted octanol–water partition coefficient (Wildman–Crippen LogP) is 2.92. The van der Waals surface area contributed by atoms with Crippen LogP contribution in [0.1, 0.15) is 43.7 Å². The van der Waals surface area contributed by atoms with Crippen molar-refractivity contribution in [3.8, 4) is 0 Å². The van der Waals surface area contributed by atoms with Crippen LogP contribution in [-0.2, 0) is 15.1 Å². The molecule has 1 aliphatic rings. The van der Waals surface area contributed by atoms with E-state index in [2.05, 4.69) is 5.32 Å². The Labute approximate surface area is 115 Å². The van der Waals surface area contributed by atoms with Crippen LogP contribution in [0.4, 0.5) is 0 Å². The number of aryl methyl sites for hydroxylation is 1. The van der Waals surface area contributed by atoms with Gasteiger partial charge in [0, 0.05) is 6.04 Å². The summed E-state index contributed by atoms with van der Waals surface area (Å²) in [6.07, 6.45) is 4.75. The van der Waals surface area contributed by atoms with Gasteiger partial charge in [-0.05, 0) is 32.3 Å². The van der Waals surface area contributed by atoms with E-state index >= 15 is 0 Å². The van der Waals surface area contributed by atoms with Crippen LogP contribution in [0, 0.1) is 6.92 Å². The molecule has 1 unspecified atom stereocenters. The number of methoxy groups -OCH3 is 1. The first-order valence-electron chi connectivity index (χ1n) is 6.99. The molecule has 0 aliphatic heterocycles. The number of hydrogen-bond donors (Lipinski definition) is 1. The summed E-state index contributed by atoms with van der Waals surface area (Å²) in [5.41, 5.74) is 1.41. The second-order valence-corrected chi connectivity index (χ2v) is 5.61. The van der Waals surface area contributed by atoms with E-state index in [-0.39, 0.29) is 5.97 Å². The summed E-state index contributed by atoms with van der Waals surface area (Å²) in [5, 5.41) is 3.50. The van der Waals surface area contributed by atoms with Crippen molar-refractivity contribution < 1.29 is 9.53 Å². The van der Waals surface area contributed by atoms with Crippen LogP contribution in [-0.4, -0.2) is 19.1 Å². The van der Waals surface area contributed by atoms with Crippen molar-refractivity contribution in [3.63, 3.8) is 0 Å². The minimum atomic E-state index is -0.753. The largest absolute Gasteiger partial charge is 0.467 e. The maximum absolute atomic E-state index is 12.2. The molecular weight excluding hydrogens is 238 g/mol. The lowest BCUT2D eigenvalue weighted by atomic mass is 9.90. The molecule has 19 heavy (non-hydrogen) atoms. The lowest BCUT2D eigenvalue weighted by Crippen LogP contribution is -2.51. The summed E-state index contributed by atoms with van der Waals surface area (Å²) in [6.45, 7) is 3.96. The third-order valence-electron chi connectivity index (χ3n) is 4.07. The van der Waals surface area contributed by atoms with Gasteiger partial charge in [0.1, 0.15) is 5.54 Å². The topological polar surface area (TPSA) is 38.3 Å². The number of carbonyl (C=O) groups is 1. The van der Waals surface area contributed by atoms with Crippen LogP contribution in [0.15, 0.2) is 24.3 Å². The molecule has 0 radical (unpaired) electrons. The number of hydrogen-bond acceptors (Lipinski definition) is 3. The number of benzene rings is 1. The van der Waals surface area contributed by atoms with Crippen LogP contribution in [0.2, 0.25) is 0 Å². The minimum Gasteiger partial charge on any atom is -0.467 e. The molecule has 0 saturated heterocycles. The molecule has 1 atom stereocenters. The molecule has 1 fully saturated rings. The Kier molecular flexibility index (Phi) is 4.25. The quantitative estimate of drug-likeness (QED) is 0.847. The Morgan fingerprint density at radius 2 is 1.84 bits per heavy atom. The van der Waals surface area contributed by atoms with E-state index in [0.29, 0.717) is 6.04 Å². The van der Waals surface area contributed by atoms with E-state index in [1.807, 2.05) is 38.1 Å². The van der Waals surface area contributed by atoms with Crippen molar-refractivity contribution in [2.75, 3.05) is 7.11 Å². The number of ether oxygens (including phenoxy) is 1. The fourth-order valence-corrected chi connectivity index (χ4v) is 2.83. The van der Waals surface area contributed by atoms with Gasteiger partial charge in [0.05, 0.1) is 7.11 Å². The van der Waals surface area contributed by atoms with Crippen molar-refractivity contribution in [3.05, 3.63) is 35.4 Å². The molecule has 0 amide bonds. The van der Waals surface area contributed by atoms with Crippen molar-refractivity contribution in [1.82, 2.24) is 5.32 Å². The lowest BCUT2D eigenvalue weighted by molar-refractivity contribution is -0.148. The smallest absolute Gasteiger partial charge is 0.330 e. The van der Waals surface area contributed by atoms with Gasteiger partial charge in [-0.3, -0.25) is 5.32 Å². The highest BCUT2D eigenvalue weighted by molar-refractivity contribution is 5.82. The van der Waals surface area contributed by atoms with Crippen LogP contribution < -0.4 is 5.32 Å². The van der Waals surface area contributed by atoms with Crippen LogP contribution in [0.25, 0.3) is 0 Å². The second kappa shape index (κ2) is 5.74. The normalized spacial score (nSPS) is 19.1. The highest BCUT2D eigenvalue weighted by Gasteiger charge is 2.38. The predicted molar refractivity (Wildman–Crippen MR) is 75.9 cm³/mol. The third kappa shape index (κ3) is 2.98. The van der Waals surface area contributed by atoms with Gasteiger partial charge < -0.3 is 4.74 Å². The fourth-order valence-electron chi connectivity index (χ4n) is 2.83. The Bertz CT molecular complexity index is 435. The first-order valence-corrected chi connectivity index (χ1v) is 6.99. The zero-order valence-electron chi connectivity index (χ0n) is 12.0. The van der Waals surface area contributed by atoms with Gasteiger partial charge in [-0.25, -0.2) is 4.79 Å². The zero-order valence-corrected chi connectivity index (χ0v) is 12.0. The Morgan fingerprint density at radius 3 is 2.37 bits per heavy atom. The number of carbonyl (C=O) groups excluding carboxylic acids is 1. The second-order valence-electron chi connectivity index (χ2n) is 5.61. The van der Waals surface area contributed by atoms with Crippen LogP contribution >= 0.6 is 0 Å². The number of rotatable bonds is 4. The molecule has 0 heterocycles. The Hall–Kier alpha value is -1.35. The molecule has 0 spiro atoms. The van der Waals surface area contributed by atoms with E-state index in [1.165, 1.54) is 25.5 Å². The van der Waals surface area contributed by atoms with Crippen LogP contribution in [0.5, 0.6) is 0 Å².